The van der Waals surface area contributed by atoms with E-state index in [1.54, 1.807) is 0 Å². The third-order valence-electron chi connectivity index (χ3n) is 5.33. The van der Waals surface area contributed by atoms with Gasteiger partial charge in [0.25, 0.3) is 0 Å². The van der Waals surface area contributed by atoms with Crippen molar-refractivity contribution < 1.29 is 13.6 Å². The predicted octanol–water partition coefficient (Wildman–Crippen LogP) is 8.52. The van der Waals surface area contributed by atoms with Gasteiger partial charge < -0.3 is 8.84 Å². The van der Waals surface area contributed by atoms with Crippen LogP contribution < -0.4 is 0 Å². The van der Waals surface area contributed by atoms with E-state index >= 15 is 0 Å². The van der Waals surface area contributed by atoms with Gasteiger partial charge in [-0.2, -0.15) is 0 Å². The van der Waals surface area contributed by atoms with Crippen LogP contribution in [0, 0.1) is 0 Å². The maximum absolute atomic E-state index is 13.5. The Morgan fingerprint density at radius 3 is 1.36 bits per heavy atom. The molecule has 0 radical (unpaired) electrons. The fourth-order valence-electron chi connectivity index (χ4n) is 3.53. The van der Waals surface area contributed by atoms with Crippen molar-refractivity contribution in [3.8, 4) is 0 Å². The SMILES string of the molecule is C=CC(=O)OCCCCCCCCCCCCCCCCCCC[Si](C)(C)F. The van der Waals surface area contributed by atoms with Crippen LogP contribution in [0.25, 0.3) is 0 Å². The highest BCUT2D eigenvalue weighted by Crippen LogP contribution is 2.17. The van der Waals surface area contributed by atoms with E-state index in [9.17, 15) is 8.90 Å². The third-order valence-corrected chi connectivity index (χ3v) is 6.87. The quantitative estimate of drug-likeness (QED) is 0.0618. The first-order chi connectivity index (χ1) is 13.5. The molecule has 0 heterocycles. The zero-order valence-electron chi connectivity index (χ0n) is 18.9. The van der Waals surface area contributed by atoms with Crippen molar-refractivity contribution >= 4 is 14.4 Å². The molecule has 0 amide bonds. The molecule has 0 rings (SSSR count). The van der Waals surface area contributed by atoms with Crippen molar-refractivity contribution in [3.05, 3.63) is 12.7 Å². The molecule has 2 nitrogen and oxygen atoms in total. The smallest absolute Gasteiger partial charge is 0.330 e. The Morgan fingerprint density at radius 2 is 1.04 bits per heavy atom. The molecule has 166 valence electrons. The molecular formula is C24H47FO2Si. The highest BCUT2D eigenvalue weighted by Gasteiger charge is 2.18. The second-order valence-electron chi connectivity index (χ2n) is 8.85. The van der Waals surface area contributed by atoms with E-state index in [4.69, 9.17) is 4.74 Å². The number of halogens is 1. The van der Waals surface area contributed by atoms with Crippen LogP contribution in [-0.4, -0.2) is 21.0 Å². The molecule has 0 bridgehead atoms. The fourth-order valence-corrected chi connectivity index (χ4v) is 4.62. The highest BCUT2D eigenvalue weighted by molar-refractivity contribution is 6.70. The second kappa shape index (κ2) is 19.7. The first-order valence-corrected chi connectivity index (χ1v) is 15.0. The third kappa shape index (κ3) is 23.4. The molecule has 0 aliphatic rings. The lowest BCUT2D eigenvalue weighted by molar-refractivity contribution is -0.137. The zero-order valence-corrected chi connectivity index (χ0v) is 19.9. The first-order valence-electron chi connectivity index (χ1n) is 11.9. The Balaban J connectivity index is 3.07. The summed E-state index contributed by atoms with van der Waals surface area (Å²) in [5, 5.41) is 0. The van der Waals surface area contributed by atoms with Crippen LogP contribution >= 0.6 is 0 Å². The lowest BCUT2D eigenvalue weighted by Crippen LogP contribution is -2.16. The monoisotopic (exact) mass is 414 g/mol. The maximum atomic E-state index is 13.5. The number of ether oxygens (including phenoxy) is 1. The summed E-state index contributed by atoms with van der Waals surface area (Å²) < 4.78 is 18.4. The van der Waals surface area contributed by atoms with Gasteiger partial charge in [-0.05, 0) is 25.6 Å². The van der Waals surface area contributed by atoms with Crippen molar-refractivity contribution in [1.82, 2.24) is 0 Å². The Bertz CT molecular complexity index is 366. The predicted molar refractivity (Wildman–Crippen MR) is 123 cm³/mol. The van der Waals surface area contributed by atoms with Crippen LogP contribution in [0.2, 0.25) is 19.1 Å². The average Bonchev–Trinajstić information content (AvgIpc) is 2.65. The summed E-state index contributed by atoms with van der Waals surface area (Å²) in [6.45, 7) is 7.56. The molecule has 0 aliphatic heterocycles. The summed E-state index contributed by atoms with van der Waals surface area (Å²) in [5.41, 5.74) is 0. The largest absolute Gasteiger partial charge is 0.463 e. The van der Waals surface area contributed by atoms with Crippen LogP contribution in [0.5, 0.6) is 0 Å². The molecule has 0 aromatic heterocycles. The number of carbonyl (C=O) groups excluding carboxylic acids is 1. The molecule has 0 saturated heterocycles. The molecule has 4 heteroatoms. The molecule has 0 aliphatic carbocycles. The van der Waals surface area contributed by atoms with E-state index < -0.39 is 8.41 Å². The Hall–Kier alpha value is -0.643. The summed E-state index contributed by atoms with van der Waals surface area (Å²) in [4.78, 5) is 10.9. The van der Waals surface area contributed by atoms with Crippen molar-refractivity contribution in [2.45, 2.75) is 128 Å². The Labute approximate surface area is 175 Å². The maximum Gasteiger partial charge on any atom is 0.330 e. The van der Waals surface area contributed by atoms with Gasteiger partial charge in [-0.1, -0.05) is 109 Å². The number of rotatable bonds is 21. The molecule has 0 aromatic rings. The van der Waals surface area contributed by atoms with Gasteiger partial charge in [0.15, 0.2) is 0 Å². The zero-order chi connectivity index (χ0) is 20.9. The van der Waals surface area contributed by atoms with E-state index in [1.165, 1.54) is 96.0 Å². The lowest BCUT2D eigenvalue weighted by atomic mass is 10.0. The number of hydrogen-bond donors (Lipinski definition) is 0. The summed E-state index contributed by atoms with van der Waals surface area (Å²) in [7, 11) is -2.29. The van der Waals surface area contributed by atoms with Gasteiger partial charge in [0.2, 0.25) is 8.41 Å². The van der Waals surface area contributed by atoms with Gasteiger partial charge in [-0.3, -0.25) is 0 Å². The lowest BCUT2D eigenvalue weighted by Gasteiger charge is -2.09. The van der Waals surface area contributed by atoms with Crippen LogP contribution in [0.3, 0.4) is 0 Å². The van der Waals surface area contributed by atoms with E-state index in [1.807, 2.05) is 13.1 Å². The van der Waals surface area contributed by atoms with Crippen molar-refractivity contribution in [2.75, 3.05) is 6.61 Å². The molecule has 28 heavy (non-hydrogen) atoms. The molecular weight excluding hydrogens is 367 g/mol. The van der Waals surface area contributed by atoms with Crippen LogP contribution in [0.15, 0.2) is 12.7 Å². The van der Waals surface area contributed by atoms with Crippen LogP contribution in [-0.2, 0) is 9.53 Å². The number of hydrogen-bond acceptors (Lipinski definition) is 2. The fraction of sp³-hybridized carbons (Fsp3) is 0.875. The van der Waals surface area contributed by atoms with Crippen molar-refractivity contribution in [1.29, 1.82) is 0 Å². The average molecular weight is 415 g/mol. The van der Waals surface area contributed by atoms with Crippen LogP contribution in [0.1, 0.15) is 109 Å². The summed E-state index contributed by atoms with van der Waals surface area (Å²) in [5.74, 6) is -0.310. The molecule has 0 aromatic carbocycles. The minimum absolute atomic E-state index is 0.310. The summed E-state index contributed by atoms with van der Waals surface area (Å²) in [6.07, 6.45) is 23.3. The summed E-state index contributed by atoms with van der Waals surface area (Å²) in [6, 6.07) is 0.847. The van der Waals surface area contributed by atoms with Crippen molar-refractivity contribution in [3.63, 3.8) is 0 Å². The van der Waals surface area contributed by atoms with Gasteiger partial charge in [0.1, 0.15) is 0 Å². The molecule has 0 spiro atoms. The summed E-state index contributed by atoms with van der Waals surface area (Å²) >= 11 is 0. The van der Waals surface area contributed by atoms with Gasteiger partial charge >= 0.3 is 5.97 Å². The minimum Gasteiger partial charge on any atom is -0.463 e. The highest BCUT2D eigenvalue weighted by atomic mass is 28.4. The van der Waals surface area contributed by atoms with Crippen LogP contribution in [0.4, 0.5) is 4.11 Å². The van der Waals surface area contributed by atoms with E-state index in [0.29, 0.717) is 6.61 Å². The number of esters is 1. The molecule has 0 fully saturated rings. The van der Waals surface area contributed by atoms with E-state index in [-0.39, 0.29) is 5.97 Å². The van der Waals surface area contributed by atoms with Gasteiger partial charge in [-0.15, -0.1) is 0 Å². The normalized spacial score (nSPS) is 11.5. The first kappa shape index (κ1) is 27.4. The number of unbranched alkanes of at least 4 members (excludes halogenated alkanes) is 16. The molecule has 0 saturated carbocycles. The standard InChI is InChI=1S/C24H47FO2Si/c1-4-24(26)27-22-20-18-16-14-12-10-8-6-5-7-9-11-13-15-17-19-21-23-28(2,3)25/h4H,1,5-23H2,2-3H3. The van der Waals surface area contributed by atoms with E-state index in [2.05, 4.69) is 6.58 Å². The van der Waals surface area contributed by atoms with Gasteiger partial charge in [0.05, 0.1) is 6.61 Å². The minimum atomic E-state index is -2.29. The topological polar surface area (TPSA) is 26.3 Å². The second-order valence-corrected chi connectivity index (χ2v) is 12.8. The van der Waals surface area contributed by atoms with Crippen molar-refractivity contribution in [2.24, 2.45) is 0 Å². The number of carbonyl (C=O) groups is 1. The molecule has 0 unspecified atom stereocenters. The molecule has 0 atom stereocenters. The Morgan fingerprint density at radius 1 is 0.714 bits per heavy atom. The van der Waals surface area contributed by atoms with Gasteiger partial charge in [0, 0.05) is 6.08 Å². The van der Waals surface area contributed by atoms with Gasteiger partial charge in [-0.25, -0.2) is 4.79 Å². The Kier molecular flexibility index (Phi) is 19.2. The van der Waals surface area contributed by atoms with E-state index in [0.717, 1.165) is 25.3 Å². The molecule has 0 N–H and O–H groups in total.